The van der Waals surface area contributed by atoms with Gasteiger partial charge in [-0.25, -0.2) is 15.0 Å². The lowest BCUT2D eigenvalue weighted by Gasteiger charge is -2.13. The van der Waals surface area contributed by atoms with Crippen molar-refractivity contribution < 1.29 is 0 Å². The highest BCUT2D eigenvalue weighted by Crippen LogP contribution is 2.36. The van der Waals surface area contributed by atoms with Gasteiger partial charge in [0.25, 0.3) is 0 Å². The Morgan fingerprint density at radius 2 is 0.517 bits per heavy atom. The Morgan fingerprint density at radius 3 is 0.931 bits per heavy atom. The summed E-state index contributed by atoms with van der Waals surface area (Å²) in [4.78, 5) is 15.6. The zero-order valence-electron chi connectivity index (χ0n) is 31.7. The van der Waals surface area contributed by atoms with Crippen molar-refractivity contribution in [3.05, 3.63) is 224 Å². The summed E-state index contributed by atoms with van der Waals surface area (Å²) in [7, 11) is 0. The van der Waals surface area contributed by atoms with Crippen LogP contribution in [-0.4, -0.2) is 15.0 Å². The fraction of sp³-hybridized carbons (Fsp3) is 0. The molecule has 3 heterocycles. The van der Waals surface area contributed by atoms with Crippen molar-refractivity contribution >= 4 is 10.8 Å². The molecule has 3 heteroatoms. The number of aromatic nitrogens is 3. The minimum absolute atomic E-state index is 0.921. The number of hydrogen-bond acceptors (Lipinski definition) is 3. The lowest BCUT2D eigenvalue weighted by atomic mass is 9.97. The summed E-state index contributed by atoms with van der Waals surface area (Å²) in [5, 5.41) is 2.26. The molecule has 58 heavy (non-hydrogen) atoms. The smallest absolute Gasteiger partial charge is 0.0787 e. The van der Waals surface area contributed by atoms with Crippen LogP contribution in [0, 0.1) is 0 Å². The van der Waals surface area contributed by atoms with Gasteiger partial charge in [-0.1, -0.05) is 194 Å². The van der Waals surface area contributed by atoms with Crippen LogP contribution in [0.1, 0.15) is 0 Å². The molecule has 3 aromatic heterocycles. The van der Waals surface area contributed by atoms with Crippen LogP contribution in [0.3, 0.4) is 0 Å². The van der Waals surface area contributed by atoms with E-state index in [0.29, 0.717) is 0 Å². The highest BCUT2D eigenvalue weighted by Gasteiger charge is 2.14. The molecule has 0 saturated heterocycles. The van der Waals surface area contributed by atoms with Gasteiger partial charge in [-0.2, -0.15) is 0 Å². The molecule has 0 aliphatic heterocycles. The summed E-state index contributed by atoms with van der Waals surface area (Å²) in [6, 6.07) is 78.5. The second-order valence-electron chi connectivity index (χ2n) is 14.4. The molecule has 0 amide bonds. The fourth-order valence-electron chi connectivity index (χ4n) is 7.64. The minimum atomic E-state index is 0.921. The SMILES string of the molecule is c1ccc(-c2cc(-c3ccccc3)nc(-c3ccc(-c4cc5ccccc5c(-c5ccc(-c6cc(-c7ccccc7)cc(-c7ccccc7)n6)cc5)n4)cc3)c2)cc1. The van der Waals surface area contributed by atoms with Crippen LogP contribution in [-0.2, 0) is 0 Å². The summed E-state index contributed by atoms with van der Waals surface area (Å²) in [5.74, 6) is 0. The molecule has 272 valence electrons. The molecule has 0 radical (unpaired) electrons. The largest absolute Gasteiger partial charge is 0.248 e. The zero-order chi connectivity index (χ0) is 38.7. The normalized spacial score (nSPS) is 11.1. The second kappa shape index (κ2) is 15.4. The molecule has 0 aliphatic rings. The summed E-state index contributed by atoms with van der Waals surface area (Å²) < 4.78 is 0. The van der Waals surface area contributed by atoms with Gasteiger partial charge in [-0.15, -0.1) is 0 Å². The third kappa shape index (κ3) is 7.09. The predicted molar refractivity (Wildman–Crippen MR) is 241 cm³/mol. The molecule has 0 N–H and O–H groups in total. The van der Waals surface area contributed by atoms with E-state index in [9.17, 15) is 0 Å². The van der Waals surface area contributed by atoms with Crippen LogP contribution >= 0.6 is 0 Å². The minimum Gasteiger partial charge on any atom is -0.248 e. The zero-order valence-corrected chi connectivity index (χ0v) is 31.7. The van der Waals surface area contributed by atoms with Gasteiger partial charge >= 0.3 is 0 Å². The van der Waals surface area contributed by atoms with Gasteiger partial charge in [0.1, 0.15) is 0 Å². The van der Waals surface area contributed by atoms with Crippen molar-refractivity contribution in [1.29, 1.82) is 0 Å². The number of rotatable bonds is 8. The van der Waals surface area contributed by atoms with E-state index in [1.807, 2.05) is 12.1 Å². The molecule has 0 fully saturated rings. The molecule has 10 rings (SSSR count). The van der Waals surface area contributed by atoms with Crippen LogP contribution in [0.15, 0.2) is 224 Å². The quantitative estimate of drug-likeness (QED) is 0.156. The molecule has 3 nitrogen and oxygen atoms in total. The first-order valence-electron chi connectivity index (χ1n) is 19.6. The highest BCUT2D eigenvalue weighted by molar-refractivity contribution is 5.97. The van der Waals surface area contributed by atoms with Gasteiger partial charge in [0.2, 0.25) is 0 Å². The maximum absolute atomic E-state index is 5.33. The van der Waals surface area contributed by atoms with E-state index >= 15 is 0 Å². The fourth-order valence-corrected chi connectivity index (χ4v) is 7.64. The average molecular weight is 740 g/mol. The van der Waals surface area contributed by atoms with E-state index in [4.69, 9.17) is 15.0 Å². The van der Waals surface area contributed by atoms with Crippen molar-refractivity contribution in [1.82, 2.24) is 15.0 Å². The maximum Gasteiger partial charge on any atom is 0.0787 e. The topological polar surface area (TPSA) is 38.7 Å². The maximum atomic E-state index is 5.33. The van der Waals surface area contributed by atoms with E-state index in [1.165, 1.54) is 0 Å². The van der Waals surface area contributed by atoms with Gasteiger partial charge in [0.05, 0.1) is 34.2 Å². The van der Waals surface area contributed by atoms with Gasteiger partial charge in [-0.05, 0) is 58.0 Å². The van der Waals surface area contributed by atoms with Gasteiger partial charge < -0.3 is 0 Å². The third-order valence-electron chi connectivity index (χ3n) is 10.7. The van der Waals surface area contributed by atoms with Gasteiger partial charge in [0, 0.05) is 38.8 Å². The third-order valence-corrected chi connectivity index (χ3v) is 10.7. The van der Waals surface area contributed by atoms with Crippen molar-refractivity contribution in [3.63, 3.8) is 0 Å². The summed E-state index contributed by atoms with van der Waals surface area (Å²) in [6.45, 7) is 0. The first kappa shape index (κ1) is 34.7. The van der Waals surface area contributed by atoms with Crippen molar-refractivity contribution in [2.24, 2.45) is 0 Å². The Labute approximate surface area is 338 Å². The molecule has 0 atom stereocenters. The molecule has 0 bridgehead atoms. The number of hydrogen-bond donors (Lipinski definition) is 0. The molecule has 0 aliphatic carbocycles. The summed E-state index contributed by atoms with van der Waals surface area (Å²) >= 11 is 0. The van der Waals surface area contributed by atoms with E-state index in [0.717, 1.165) is 101 Å². The van der Waals surface area contributed by atoms with Crippen molar-refractivity contribution in [2.75, 3.05) is 0 Å². The average Bonchev–Trinajstić information content (AvgIpc) is 3.32. The Morgan fingerprint density at radius 1 is 0.207 bits per heavy atom. The number of benzene rings is 7. The van der Waals surface area contributed by atoms with Gasteiger partial charge in [-0.3, -0.25) is 0 Å². The van der Waals surface area contributed by atoms with Crippen molar-refractivity contribution in [3.8, 4) is 89.8 Å². The standard InChI is InChI=1S/C55H37N3/c1-5-15-38(16-6-1)47-34-50(40-19-9-3-10-20-40)56-52(36-47)42-25-27-44(28-26-42)54-33-46-23-13-14-24-49(46)55(58-54)45-31-29-43(30-32-45)53-37-48(39-17-7-2-8-18-39)35-51(57-53)41-21-11-4-12-22-41/h1-37H. The lowest BCUT2D eigenvalue weighted by Crippen LogP contribution is -1.93. The molecular weight excluding hydrogens is 703 g/mol. The van der Waals surface area contributed by atoms with Crippen LogP contribution in [0.5, 0.6) is 0 Å². The second-order valence-corrected chi connectivity index (χ2v) is 14.4. The van der Waals surface area contributed by atoms with E-state index in [1.54, 1.807) is 0 Å². The lowest BCUT2D eigenvalue weighted by molar-refractivity contribution is 1.31. The molecule has 0 unspecified atom stereocenters. The molecule has 0 saturated carbocycles. The summed E-state index contributed by atoms with van der Waals surface area (Å²) in [5.41, 5.74) is 16.6. The van der Waals surface area contributed by atoms with E-state index in [2.05, 4.69) is 212 Å². The Kier molecular flexibility index (Phi) is 9.23. The van der Waals surface area contributed by atoms with Crippen LogP contribution in [0.25, 0.3) is 101 Å². The van der Waals surface area contributed by atoms with Gasteiger partial charge in [0.15, 0.2) is 0 Å². The van der Waals surface area contributed by atoms with E-state index in [-0.39, 0.29) is 0 Å². The van der Waals surface area contributed by atoms with Crippen LogP contribution in [0.2, 0.25) is 0 Å². The predicted octanol–water partition coefficient (Wildman–Crippen LogP) is 14.4. The number of fused-ring (bicyclic) bond motifs is 1. The van der Waals surface area contributed by atoms with Crippen molar-refractivity contribution in [2.45, 2.75) is 0 Å². The number of pyridine rings is 3. The first-order chi connectivity index (χ1) is 28.7. The molecule has 0 spiro atoms. The number of nitrogens with zero attached hydrogens (tertiary/aromatic N) is 3. The summed E-state index contributed by atoms with van der Waals surface area (Å²) in [6.07, 6.45) is 0. The molecule has 7 aromatic carbocycles. The van der Waals surface area contributed by atoms with Crippen LogP contribution < -0.4 is 0 Å². The van der Waals surface area contributed by atoms with E-state index < -0.39 is 0 Å². The first-order valence-corrected chi connectivity index (χ1v) is 19.6. The van der Waals surface area contributed by atoms with Crippen LogP contribution in [0.4, 0.5) is 0 Å². The molecular formula is C55H37N3. The highest BCUT2D eigenvalue weighted by atomic mass is 14.7. The Bertz CT molecular complexity index is 2880. The molecule has 10 aromatic rings. The Hall–Kier alpha value is -7.75. The Balaban J connectivity index is 1.01. The monoisotopic (exact) mass is 739 g/mol.